The molecule has 1 saturated heterocycles. The summed E-state index contributed by atoms with van der Waals surface area (Å²) in [5, 5.41) is 16.4. The van der Waals surface area contributed by atoms with Crippen LogP contribution in [0.5, 0.6) is 5.75 Å². The van der Waals surface area contributed by atoms with Crippen LogP contribution in [0.2, 0.25) is 0 Å². The van der Waals surface area contributed by atoms with Gasteiger partial charge in [0.2, 0.25) is 5.95 Å². The maximum Gasteiger partial charge on any atom is 0.460 e. The number of esters is 1. The number of ether oxygens (including phenoxy) is 2. The number of nitrogens with one attached hydrogen (secondary N) is 2. The molecule has 40 heavy (non-hydrogen) atoms. The minimum absolute atomic E-state index is 0.0136. The number of benzene rings is 1. The molecule has 0 amide bonds. The fourth-order valence-corrected chi connectivity index (χ4v) is 6.41. The van der Waals surface area contributed by atoms with Crippen LogP contribution in [0.25, 0.3) is 11.2 Å². The zero-order valence-electron chi connectivity index (χ0n) is 21.9. The van der Waals surface area contributed by atoms with E-state index in [9.17, 15) is 14.5 Å². The van der Waals surface area contributed by atoms with Gasteiger partial charge in [-0.05, 0) is 32.9 Å². The van der Waals surface area contributed by atoms with Crippen molar-refractivity contribution < 1.29 is 41.8 Å². The largest absolute Gasteiger partial charge is 0.465 e. The summed E-state index contributed by atoms with van der Waals surface area (Å²) in [6, 6.07) is 6.43. The molecule has 5 rings (SSSR count). The standard InChI is InChI=1S/C23H28F2N7O7P/c1-5-36-17(33)12(2)31-40(35,38-13-9-7-6-8-10-13)39-18-22(34)21(3,24)19(37-23(18,22)25)32-11-28-14-15(27-4)29-20(26)30-16(14)32/h6-12,18-19,34H,5H2,1-4H3,(H,31,35)(H3,26,27,29,30)/t12-,18?,19+,21-,22-,23+,40-/m0/s1. The van der Waals surface area contributed by atoms with Crippen molar-refractivity contribution in [2.75, 3.05) is 24.7 Å². The highest BCUT2D eigenvalue weighted by molar-refractivity contribution is 7.52. The van der Waals surface area contributed by atoms with Gasteiger partial charge in [0.15, 0.2) is 40.6 Å². The molecule has 0 bridgehead atoms. The first kappa shape index (κ1) is 28.1. The van der Waals surface area contributed by atoms with Gasteiger partial charge in [0, 0.05) is 7.05 Å². The van der Waals surface area contributed by atoms with Gasteiger partial charge in [0.05, 0.1) is 12.9 Å². The van der Waals surface area contributed by atoms with E-state index in [1.54, 1.807) is 32.2 Å². The highest BCUT2D eigenvalue weighted by atomic mass is 31.2. The molecule has 1 aliphatic heterocycles. The van der Waals surface area contributed by atoms with Gasteiger partial charge in [-0.15, -0.1) is 0 Å². The number of aliphatic hydroxyl groups is 1. The Morgan fingerprint density at radius 1 is 1.32 bits per heavy atom. The Kier molecular flexibility index (Phi) is 6.74. The van der Waals surface area contributed by atoms with Crippen LogP contribution < -0.4 is 20.7 Å². The second-order valence-electron chi connectivity index (χ2n) is 9.45. The van der Waals surface area contributed by atoms with E-state index in [2.05, 4.69) is 25.4 Å². The Morgan fingerprint density at radius 3 is 2.62 bits per heavy atom. The van der Waals surface area contributed by atoms with Crippen molar-refractivity contribution in [3.63, 3.8) is 0 Å². The zero-order valence-corrected chi connectivity index (χ0v) is 22.8. The smallest absolute Gasteiger partial charge is 0.460 e. The summed E-state index contributed by atoms with van der Waals surface area (Å²) in [5.41, 5.74) is 0.128. The van der Waals surface area contributed by atoms with E-state index in [1.807, 2.05) is 0 Å². The predicted octanol–water partition coefficient (Wildman–Crippen LogP) is 2.23. The third kappa shape index (κ3) is 4.18. The molecule has 3 aromatic rings. The van der Waals surface area contributed by atoms with Gasteiger partial charge < -0.3 is 30.2 Å². The molecule has 3 heterocycles. The molecule has 5 N–H and O–H groups in total. The number of nitrogens with zero attached hydrogens (tertiary/aromatic N) is 4. The van der Waals surface area contributed by atoms with Crippen molar-refractivity contribution in [2.24, 2.45) is 0 Å². The van der Waals surface area contributed by atoms with Crippen LogP contribution in [-0.2, 0) is 23.4 Å². The Balaban J connectivity index is 1.45. The minimum atomic E-state index is -4.66. The molecule has 2 fully saturated rings. The van der Waals surface area contributed by atoms with Gasteiger partial charge in [0.25, 0.3) is 5.85 Å². The number of carbonyl (C=O) groups is 1. The molecule has 0 radical (unpaired) electrons. The number of imidazole rings is 1. The fraction of sp³-hybridized carbons (Fsp3) is 0.478. The number of fused-ring (bicyclic) bond motifs is 2. The van der Waals surface area contributed by atoms with Crippen molar-refractivity contribution in [1.29, 1.82) is 0 Å². The predicted molar refractivity (Wildman–Crippen MR) is 136 cm³/mol. The number of rotatable bonds is 10. The topological polar surface area (TPSA) is 185 Å². The van der Waals surface area contributed by atoms with Crippen LogP contribution in [-0.4, -0.2) is 73.5 Å². The van der Waals surface area contributed by atoms with E-state index >= 15 is 8.78 Å². The van der Waals surface area contributed by atoms with E-state index < -0.39 is 49.2 Å². The molecule has 7 atom stereocenters. The summed E-state index contributed by atoms with van der Waals surface area (Å²) in [7, 11) is -3.10. The lowest BCUT2D eigenvalue weighted by molar-refractivity contribution is -0.156. The molecule has 0 spiro atoms. The van der Waals surface area contributed by atoms with Crippen LogP contribution >= 0.6 is 7.75 Å². The number of para-hydroxylation sites is 1. The quantitative estimate of drug-likeness (QED) is 0.201. The van der Waals surface area contributed by atoms with Crippen molar-refractivity contribution in [3.05, 3.63) is 36.7 Å². The normalized spacial score (nSPS) is 31.3. The second kappa shape index (κ2) is 9.59. The molecule has 2 aromatic heterocycles. The number of aromatic nitrogens is 4. The summed E-state index contributed by atoms with van der Waals surface area (Å²) >= 11 is 0. The lowest BCUT2D eigenvalue weighted by Crippen LogP contribution is -2.45. The number of hydrogen-bond donors (Lipinski definition) is 4. The van der Waals surface area contributed by atoms with Crippen LogP contribution in [0.1, 0.15) is 27.0 Å². The number of nitrogens with two attached hydrogens (primary N) is 1. The first-order chi connectivity index (χ1) is 18.8. The average Bonchev–Trinajstić information content (AvgIpc) is 3.14. The average molecular weight is 583 g/mol. The van der Waals surface area contributed by atoms with Crippen molar-refractivity contribution in [1.82, 2.24) is 24.6 Å². The molecule has 1 unspecified atom stereocenters. The van der Waals surface area contributed by atoms with Gasteiger partial charge >= 0.3 is 13.7 Å². The fourth-order valence-electron chi connectivity index (χ4n) is 4.71. The van der Waals surface area contributed by atoms with Gasteiger partial charge in [0.1, 0.15) is 11.8 Å². The number of alkyl halides is 2. The molecule has 216 valence electrons. The highest BCUT2D eigenvalue weighted by Gasteiger charge is 2.96. The SMILES string of the molecule is CCOC(=O)[C@H](C)N[P@](=O)(Oc1ccccc1)OC1[C@]2(O)[C@@](C)(F)[C@H](n3cnc4c(NC)nc(N)nc43)O[C@]12F. The van der Waals surface area contributed by atoms with Gasteiger partial charge in [-0.2, -0.15) is 15.1 Å². The molecule has 2 aliphatic rings. The van der Waals surface area contributed by atoms with Crippen LogP contribution in [0.3, 0.4) is 0 Å². The Hall–Kier alpha value is -3.43. The lowest BCUT2D eigenvalue weighted by Gasteiger charge is -2.31. The van der Waals surface area contributed by atoms with E-state index in [4.69, 9.17) is 24.3 Å². The molecule has 1 aromatic carbocycles. The zero-order chi connectivity index (χ0) is 29.1. The van der Waals surface area contributed by atoms with Gasteiger partial charge in [-0.3, -0.25) is 13.9 Å². The van der Waals surface area contributed by atoms with Crippen molar-refractivity contribution in [2.45, 2.75) is 56.3 Å². The highest BCUT2D eigenvalue weighted by Crippen LogP contribution is 2.73. The second-order valence-corrected chi connectivity index (χ2v) is 11.1. The Bertz CT molecular complexity index is 1490. The summed E-state index contributed by atoms with van der Waals surface area (Å²) in [4.78, 5) is 24.4. The molecule has 1 aliphatic carbocycles. The van der Waals surface area contributed by atoms with Crippen molar-refractivity contribution >= 4 is 36.6 Å². The van der Waals surface area contributed by atoms with Gasteiger partial charge in [-0.25, -0.2) is 18.3 Å². The number of anilines is 2. The minimum Gasteiger partial charge on any atom is -0.465 e. The van der Waals surface area contributed by atoms with Crippen molar-refractivity contribution in [3.8, 4) is 5.75 Å². The summed E-state index contributed by atoms with van der Waals surface area (Å²) < 4.78 is 68.6. The van der Waals surface area contributed by atoms with E-state index in [1.165, 1.54) is 19.1 Å². The monoisotopic (exact) mass is 583 g/mol. The maximum absolute atomic E-state index is 16.4. The first-order valence-electron chi connectivity index (χ1n) is 12.2. The van der Waals surface area contributed by atoms with Crippen LogP contribution in [0.15, 0.2) is 36.7 Å². The molecule has 17 heteroatoms. The molecule has 1 saturated carbocycles. The Labute approximate surface area is 226 Å². The Morgan fingerprint density at radius 2 is 2.02 bits per heavy atom. The van der Waals surface area contributed by atoms with E-state index in [0.29, 0.717) is 0 Å². The van der Waals surface area contributed by atoms with Crippen LogP contribution in [0.4, 0.5) is 20.5 Å². The summed E-state index contributed by atoms with van der Waals surface area (Å²) in [6.45, 7) is 3.83. The first-order valence-corrected chi connectivity index (χ1v) is 13.8. The number of hydrogen-bond acceptors (Lipinski definition) is 12. The third-order valence-electron chi connectivity index (χ3n) is 6.78. The molecular formula is C23H28F2N7O7P. The molecule has 14 nitrogen and oxygen atoms in total. The summed E-state index contributed by atoms with van der Waals surface area (Å²) in [6.07, 6.45) is -2.77. The van der Waals surface area contributed by atoms with E-state index in [-0.39, 0.29) is 35.3 Å². The lowest BCUT2D eigenvalue weighted by atomic mass is 9.97. The number of nitrogen functional groups attached to an aromatic ring is 1. The van der Waals surface area contributed by atoms with Crippen LogP contribution in [0, 0.1) is 0 Å². The maximum atomic E-state index is 16.4. The molecular weight excluding hydrogens is 555 g/mol. The summed E-state index contributed by atoms with van der Waals surface area (Å²) in [5.74, 6) is -3.87. The van der Waals surface area contributed by atoms with E-state index in [0.717, 1.165) is 17.8 Å². The third-order valence-corrected chi connectivity index (χ3v) is 8.42. The van der Waals surface area contributed by atoms with Gasteiger partial charge in [-0.1, -0.05) is 18.2 Å². The number of carbonyl (C=O) groups excluding carboxylic acids is 1. The number of halogens is 2.